The first-order valence-electron chi connectivity index (χ1n) is 15.4. The molecule has 0 fully saturated rings. The first-order valence-corrected chi connectivity index (χ1v) is 16.2. The molecule has 8 rings (SSSR count). The van der Waals surface area contributed by atoms with Gasteiger partial charge >= 0.3 is 0 Å². The number of halogens is 1. The molecule has 224 valence electrons. The topological polar surface area (TPSA) is 78.3 Å². The lowest BCUT2D eigenvalue weighted by atomic mass is 10.0. The highest BCUT2D eigenvalue weighted by Crippen LogP contribution is 2.36. The monoisotopic (exact) mass is 677 g/mol. The van der Waals surface area contributed by atoms with Crippen molar-refractivity contribution in [3.05, 3.63) is 161 Å². The molecule has 0 N–H and O–H groups in total. The fourth-order valence-electron chi connectivity index (χ4n) is 6.19. The lowest BCUT2D eigenvalue weighted by Gasteiger charge is -2.13. The van der Waals surface area contributed by atoms with E-state index in [2.05, 4.69) is 124 Å². The molecule has 5 nitrogen and oxygen atoms in total. The Kier molecular flexibility index (Phi) is 7.34. The van der Waals surface area contributed by atoms with Crippen molar-refractivity contribution in [3.8, 4) is 62.9 Å². The molecule has 8 aromatic rings. The van der Waals surface area contributed by atoms with Crippen LogP contribution in [0.4, 0.5) is 0 Å². The van der Waals surface area contributed by atoms with E-state index in [1.165, 1.54) is 10.8 Å². The van der Waals surface area contributed by atoms with E-state index < -0.39 is 0 Å². The molecule has 6 heteroatoms. The van der Waals surface area contributed by atoms with Gasteiger partial charge in [-0.15, -0.1) is 0 Å². The van der Waals surface area contributed by atoms with Crippen molar-refractivity contribution in [3.63, 3.8) is 0 Å². The number of para-hydroxylation sites is 2. The van der Waals surface area contributed by atoms with Crippen molar-refractivity contribution in [2.75, 3.05) is 0 Å². The van der Waals surface area contributed by atoms with Crippen molar-refractivity contribution in [2.45, 2.75) is 0 Å². The van der Waals surface area contributed by atoms with E-state index in [1.807, 2.05) is 42.5 Å². The fourth-order valence-corrected chi connectivity index (χ4v) is 6.67. The maximum Gasteiger partial charge on any atom is 0.160 e. The molecular weight excluding hydrogens is 654 g/mol. The highest BCUT2D eigenvalue weighted by Gasteiger charge is 2.16. The second-order valence-electron chi connectivity index (χ2n) is 11.5. The second kappa shape index (κ2) is 12.1. The van der Waals surface area contributed by atoms with Crippen molar-refractivity contribution in [2.24, 2.45) is 0 Å². The molecule has 0 atom stereocenters. The van der Waals surface area contributed by atoms with Gasteiger partial charge in [-0.05, 0) is 83.9 Å². The number of nitriles is 2. The quantitative estimate of drug-likeness (QED) is 0.182. The van der Waals surface area contributed by atoms with E-state index in [0.29, 0.717) is 17.0 Å². The average Bonchev–Trinajstić information content (AvgIpc) is 3.49. The van der Waals surface area contributed by atoms with E-state index in [-0.39, 0.29) is 0 Å². The minimum Gasteiger partial charge on any atom is -0.309 e. The largest absolute Gasteiger partial charge is 0.309 e. The van der Waals surface area contributed by atoms with E-state index in [0.717, 1.165) is 60.4 Å². The molecule has 48 heavy (non-hydrogen) atoms. The molecule has 0 aliphatic rings. The van der Waals surface area contributed by atoms with Crippen molar-refractivity contribution in [1.82, 2.24) is 14.5 Å². The minimum atomic E-state index is 0.571. The molecule has 0 radical (unpaired) electrons. The van der Waals surface area contributed by atoms with Gasteiger partial charge in [-0.25, -0.2) is 9.97 Å². The smallest absolute Gasteiger partial charge is 0.160 e. The zero-order valence-corrected chi connectivity index (χ0v) is 27.1. The third-order valence-corrected chi connectivity index (χ3v) is 9.00. The highest BCUT2D eigenvalue weighted by atomic mass is 79.9. The lowest BCUT2D eigenvalue weighted by Crippen LogP contribution is -1.98. The number of hydrogen-bond acceptors (Lipinski definition) is 4. The highest BCUT2D eigenvalue weighted by molar-refractivity contribution is 9.10. The zero-order valence-electron chi connectivity index (χ0n) is 25.5. The first-order chi connectivity index (χ1) is 23.6. The number of fused-ring (bicyclic) bond motifs is 3. The maximum atomic E-state index is 9.38. The van der Waals surface area contributed by atoms with Gasteiger partial charge < -0.3 is 4.57 Å². The minimum absolute atomic E-state index is 0.571. The summed E-state index contributed by atoms with van der Waals surface area (Å²) in [6, 6.07) is 52.9. The van der Waals surface area contributed by atoms with Crippen LogP contribution in [0.3, 0.4) is 0 Å². The Morgan fingerprint density at radius 2 is 0.958 bits per heavy atom. The van der Waals surface area contributed by atoms with Gasteiger partial charge in [-0.1, -0.05) is 88.7 Å². The van der Waals surface area contributed by atoms with Gasteiger partial charge in [0.05, 0.1) is 45.7 Å². The second-order valence-corrected chi connectivity index (χ2v) is 12.4. The van der Waals surface area contributed by atoms with Crippen LogP contribution >= 0.6 is 15.9 Å². The Morgan fingerprint density at radius 3 is 1.52 bits per heavy atom. The van der Waals surface area contributed by atoms with E-state index >= 15 is 0 Å². The molecule has 2 heterocycles. The number of nitrogens with zero attached hydrogens (tertiary/aromatic N) is 5. The van der Waals surface area contributed by atoms with E-state index in [4.69, 9.17) is 9.97 Å². The molecule has 0 spiro atoms. The molecule has 0 amide bonds. The van der Waals surface area contributed by atoms with Crippen LogP contribution in [0.25, 0.3) is 72.5 Å². The van der Waals surface area contributed by atoms with Crippen molar-refractivity contribution in [1.29, 1.82) is 10.5 Å². The average molecular weight is 679 g/mol. The first kappa shape index (κ1) is 29.1. The summed E-state index contributed by atoms with van der Waals surface area (Å²) < 4.78 is 3.23. The lowest BCUT2D eigenvalue weighted by molar-refractivity contribution is 1.16. The Bertz CT molecular complexity index is 2520. The Morgan fingerprint density at radius 1 is 0.479 bits per heavy atom. The normalized spacial score (nSPS) is 11.0. The van der Waals surface area contributed by atoms with Crippen LogP contribution in [0.1, 0.15) is 11.1 Å². The summed E-state index contributed by atoms with van der Waals surface area (Å²) in [4.78, 5) is 10.1. The summed E-state index contributed by atoms with van der Waals surface area (Å²) in [5, 5.41) is 21.0. The summed E-state index contributed by atoms with van der Waals surface area (Å²) >= 11 is 3.80. The molecule has 0 bridgehead atoms. The predicted molar refractivity (Wildman–Crippen MR) is 195 cm³/mol. The Hall–Kier alpha value is -6.34. The number of benzene rings is 6. The summed E-state index contributed by atoms with van der Waals surface area (Å²) in [5.41, 5.74) is 10.8. The number of aromatic nitrogens is 3. The van der Waals surface area contributed by atoms with Crippen molar-refractivity contribution >= 4 is 37.7 Å². The van der Waals surface area contributed by atoms with Gasteiger partial charge in [-0.3, -0.25) is 0 Å². The van der Waals surface area contributed by atoms with Gasteiger partial charge in [0.25, 0.3) is 0 Å². The zero-order chi connectivity index (χ0) is 32.6. The standard InChI is InChI=1S/C42H24BrN5/c43-34-21-33(22-35(23-34)48-40-7-3-1-5-36(40)37-6-2-4-8-41(37)48)39-24-38(46-42(47-39)32-15-11-28(26-45)12-16-32)31-19-17-30(18-20-31)29-13-9-27(25-44)10-14-29/h1-24H. The number of rotatable bonds is 5. The van der Waals surface area contributed by atoms with Crippen LogP contribution < -0.4 is 0 Å². The Labute approximate surface area is 285 Å². The molecule has 2 aromatic heterocycles. The molecule has 6 aromatic carbocycles. The Balaban J connectivity index is 1.28. The van der Waals surface area contributed by atoms with Gasteiger partial charge in [0, 0.05) is 37.6 Å². The third-order valence-electron chi connectivity index (χ3n) is 8.54. The van der Waals surface area contributed by atoms with Crippen LogP contribution in [0.5, 0.6) is 0 Å². The maximum absolute atomic E-state index is 9.38. The van der Waals surface area contributed by atoms with Crippen LogP contribution in [-0.2, 0) is 0 Å². The van der Waals surface area contributed by atoms with Gasteiger partial charge in [-0.2, -0.15) is 10.5 Å². The molecule has 0 aliphatic heterocycles. The van der Waals surface area contributed by atoms with Crippen LogP contribution in [0.2, 0.25) is 0 Å². The third kappa shape index (κ3) is 5.31. The van der Waals surface area contributed by atoms with E-state index in [1.54, 1.807) is 12.1 Å². The van der Waals surface area contributed by atoms with Crippen LogP contribution in [0.15, 0.2) is 150 Å². The SMILES string of the molecule is N#Cc1ccc(-c2ccc(-c3cc(-c4cc(Br)cc(-n5c6ccccc6c6ccccc65)c4)nc(-c4ccc(C#N)cc4)n3)cc2)cc1. The van der Waals surface area contributed by atoms with Gasteiger partial charge in [0.15, 0.2) is 5.82 Å². The summed E-state index contributed by atoms with van der Waals surface area (Å²) in [6.45, 7) is 0. The molecular formula is C42H24BrN5. The van der Waals surface area contributed by atoms with Gasteiger partial charge in [0.2, 0.25) is 0 Å². The van der Waals surface area contributed by atoms with Crippen LogP contribution in [-0.4, -0.2) is 14.5 Å². The van der Waals surface area contributed by atoms with Gasteiger partial charge in [0.1, 0.15) is 0 Å². The predicted octanol–water partition coefficient (Wildman–Crippen LogP) is 10.7. The number of hydrogen-bond donors (Lipinski definition) is 0. The molecule has 0 aliphatic carbocycles. The fraction of sp³-hybridized carbons (Fsp3) is 0. The molecule has 0 unspecified atom stereocenters. The van der Waals surface area contributed by atoms with E-state index in [9.17, 15) is 10.5 Å². The molecule has 0 saturated heterocycles. The summed E-state index contributed by atoms with van der Waals surface area (Å²) in [5.74, 6) is 0.571. The molecule has 0 saturated carbocycles. The summed E-state index contributed by atoms with van der Waals surface area (Å²) in [7, 11) is 0. The summed E-state index contributed by atoms with van der Waals surface area (Å²) in [6.07, 6.45) is 0. The van der Waals surface area contributed by atoms with Crippen LogP contribution in [0, 0.1) is 22.7 Å². The van der Waals surface area contributed by atoms with Crippen molar-refractivity contribution < 1.29 is 0 Å².